The molecule has 0 atom stereocenters. The van der Waals surface area contributed by atoms with Gasteiger partial charge in [0.05, 0.1) is 10.5 Å². The highest BCUT2D eigenvalue weighted by Gasteiger charge is 2.08. The van der Waals surface area contributed by atoms with Gasteiger partial charge in [0.15, 0.2) is 5.82 Å². The number of nitrogens with one attached hydrogen (secondary N) is 1. The van der Waals surface area contributed by atoms with Crippen molar-refractivity contribution in [2.45, 2.75) is 13.3 Å². The lowest BCUT2D eigenvalue weighted by atomic mass is 10.2. The predicted molar refractivity (Wildman–Crippen MR) is 82.8 cm³/mol. The van der Waals surface area contributed by atoms with Gasteiger partial charge in [0.25, 0.3) is 5.69 Å². The van der Waals surface area contributed by atoms with Crippen molar-refractivity contribution in [1.29, 1.82) is 0 Å². The van der Waals surface area contributed by atoms with Crippen molar-refractivity contribution in [2.24, 2.45) is 5.10 Å². The number of H-pyrrole nitrogens is 1. The summed E-state index contributed by atoms with van der Waals surface area (Å²) in [6, 6.07) is 6.49. The van der Waals surface area contributed by atoms with Gasteiger partial charge < -0.3 is 0 Å². The van der Waals surface area contributed by atoms with Crippen molar-refractivity contribution in [3.63, 3.8) is 0 Å². The number of nitro groups is 1. The molecule has 1 aromatic carbocycles. The number of nitro benzene ring substituents is 1. The predicted octanol–water partition coefficient (Wildman–Crippen LogP) is 2.96. The molecule has 8 heteroatoms. The number of allylic oxidation sites excluding steroid dienone is 1. The van der Waals surface area contributed by atoms with Crippen LogP contribution in [0.15, 0.2) is 35.4 Å². The van der Waals surface area contributed by atoms with Crippen molar-refractivity contribution in [1.82, 2.24) is 14.9 Å². The zero-order valence-corrected chi connectivity index (χ0v) is 12.1. The fraction of sp³-hybridized carbons (Fsp3) is 0.154. The summed E-state index contributed by atoms with van der Waals surface area (Å²) in [5, 5.41) is 21.7. The minimum absolute atomic E-state index is 0.0521. The fourth-order valence-corrected chi connectivity index (χ4v) is 1.92. The highest BCUT2D eigenvalue weighted by molar-refractivity contribution is 7.71. The van der Waals surface area contributed by atoms with Crippen molar-refractivity contribution in [2.75, 3.05) is 0 Å². The summed E-state index contributed by atoms with van der Waals surface area (Å²) >= 11 is 5.05. The molecule has 0 spiro atoms. The molecular formula is C13H13N5O2S. The number of rotatable bonds is 5. The molecule has 0 aliphatic heterocycles. The van der Waals surface area contributed by atoms with Gasteiger partial charge in [-0.2, -0.15) is 14.9 Å². The van der Waals surface area contributed by atoms with E-state index in [0.29, 0.717) is 16.8 Å². The van der Waals surface area contributed by atoms with Gasteiger partial charge in [0, 0.05) is 18.7 Å². The SMILES string of the molecule is CCc1n[nH]c(=S)n1/N=C/C=C/c1ccccc1[N+](=O)[O-]. The third kappa shape index (κ3) is 3.48. The molecule has 0 saturated carbocycles. The molecule has 0 saturated heterocycles. The van der Waals surface area contributed by atoms with Gasteiger partial charge in [0.1, 0.15) is 0 Å². The summed E-state index contributed by atoms with van der Waals surface area (Å²) in [7, 11) is 0. The number of aromatic amines is 1. The number of hydrogen-bond acceptors (Lipinski definition) is 5. The molecular weight excluding hydrogens is 290 g/mol. The quantitative estimate of drug-likeness (QED) is 0.398. The van der Waals surface area contributed by atoms with Crippen LogP contribution in [0.4, 0.5) is 5.69 Å². The number of benzene rings is 1. The van der Waals surface area contributed by atoms with Gasteiger partial charge in [-0.05, 0) is 30.4 Å². The topological polar surface area (TPSA) is 89.1 Å². The first-order chi connectivity index (χ1) is 10.1. The van der Waals surface area contributed by atoms with Crippen molar-refractivity contribution < 1.29 is 4.92 Å². The van der Waals surface area contributed by atoms with Gasteiger partial charge in [0.2, 0.25) is 4.77 Å². The number of hydrogen-bond donors (Lipinski definition) is 1. The second kappa shape index (κ2) is 6.71. The van der Waals surface area contributed by atoms with Crippen LogP contribution in [0.5, 0.6) is 0 Å². The van der Waals surface area contributed by atoms with E-state index in [2.05, 4.69) is 15.3 Å². The molecule has 21 heavy (non-hydrogen) atoms. The van der Waals surface area contributed by atoms with Crippen LogP contribution in [-0.2, 0) is 6.42 Å². The van der Waals surface area contributed by atoms with E-state index in [0.717, 1.165) is 5.82 Å². The minimum Gasteiger partial charge on any atom is -0.258 e. The summed E-state index contributed by atoms with van der Waals surface area (Å²) in [6.45, 7) is 1.94. The first kappa shape index (κ1) is 14.8. The van der Waals surface area contributed by atoms with Crippen LogP contribution < -0.4 is 0 Å². The maximum absolute atomic E-state index is 10.9. The zero-order chi connectivity index (χ0) is 15.2. The van der Waals surface area contributed by atoms with E-state index in [1.54, 1.807) is 30.4 Å². The average Bonchev–Trinajstić information content (AvgIpc) is 2.84. The van der Waals surface area contributed by atoms with Crippen LogP contribution in [-0.4, -0.2) is 26.0 Å². The lowest BCUT2D eigenvalue weighted by Gasteiger charge is -1.96. The van der Waals surface area contributed by atoms with Crippen LogP contribution in [0.1, 0.15) is 18.3 Å². The molecule has 0 radical (unpaired) electrons. The summed E-state index contributed by atoms with van der Waals surface area (Å²) < 4.78 is 1.92. The minimum atomic E-state index is -0.418. The van der Waals surface area contributed by atoms with Gasteiger partial charge in [-0.3, -0.25) is 15.2 Å². The van der Waals surface area contributed by atoms with Gasteiger partial charge in [-0.15, -0.1) is 0 Å². The van der Waals surface area contributed by atoms with Crippen LogP contribution in [0, 0.1) is 14.9 Å². The maximum atomic E-state index is 10.9. The molecule has 108 valence electrons. The molecule has 1 aromatic heterocycles. The number of aryl methyl sites for hydroxylation is 1. The molecule has 2 rings (SSSR count). The molecule has 0 aliphatic carbocycles. The molecule has 1 heterocycles. The highest BCUT2D eigenvalue weighted by atomic mass is 32.1. The molecule has 0 unspecified atom stereocenters. The Labute approximate surface area is 125 Å². The second-order valence-electron chi connectivity index (χ2n) is 4.05. The van der Waals surface area contributed by atoms with E-state index in [4.69, 9.17) is 12.2 Å². The summed E-state index contributed by atoms with van der Waals surface area (Å²) in [4.78, 5) is 10.5. The average molecular weight is 303 g/mol. The van der Waals surface area contributed by atoms with E-state index in [9.17, 15) is 10.1 Å². The third-order valence-electron chi connectivity index (χ3n) is 2.71. The van der Waals surface area contributed by atoms with E-state index in [1.807, 2.05) is 6.92 Å². The Balaban J connectivity index is 2.20. The van der Waals surface area contributed by atoms with E-state index >= 15 is 0 Å². The van der Waals surface area contributed by atoms with Gasteiger partial charge in [-0.25, -0.2) is 0 Å². The van der Waals surface area contributed by atoms with Crippen molar-refractivity contribution in [3.05, 3.63) is 56.6 Å². The summed E-state index contributed by atoms with van der Waals surface area (Å²) in [5.41, 5.74) is 0.566. The monoisotopic (exact) mass is 303 g/mol. The molecule has 0 fully saturated rings. The lowest BCUT2D eigenvalue weighted by Crippen LogP contribution is -1.96. The Kier molecular flexibility index (Phi) is 4.72. The largest absolute Gasteiger partial charge is 0.276 e. The smallest absolute Gasteiger partial charge is 0.258 e. The zero-order valence-electron chi connectivity index (χ0n) is 11.3. The van der Waals surface area contributed by atoms with Crippen LogP contribution in [0.2, 0.25) is 0 Å². The lowest BCUT2D eigenvalue weighted by molar-refractivity contribution is -0.385. The standard InChI is InChI=1S/C13H13N5O2S/c1-2-12-15-16-13(21)17(12)14-9-5-7-10-6-3-4-8-11(10)18(19)20/h3-9H,2H2,1H3,(H,16,21)/b7-5+,14-9+. The molecule has 0 aliphatic rings. The maximum Gasteiger partial charge on any atom is 0.276 e. The number of nitrogens with zero attached hydrogens (tertiary/aromatic N) is 4. The molecule has 0 bridgehead atoms. The molecule has 2 aromatic rings. The van der Waals surface area contributed by atoms with Crippen LogP contribution in [0.25, 0.3) is 6.08 Å². The van der Waals surface area contributed by atoms with E-state index in [-0.39, 0.29) is 5.69 Å². The Morgan fingerprint density at radius 2 is 2.29 bits per heavy atom. The van der Waals surface area contributed by atoms with E-state index in [1.165, 1.54) is 17.0 Å². The first-order valence-electron chi connectivity index (χ1n) is 6.24. The Morgan fingerprint density at radius 1 is 1.52 bits per heavy atom. The second-order valence-corrected chi connectivity index (χ2v) is 4.44. The molecule has 7 nitrogen and oxygen atoms in total. The number of para-hydroxylation sites is 1. The van der Waals surface area contributed by atoms with Gasteiger partial charge >= 0.3 is 0 Å². The fourth-order valence-electron chi connectivity index (χ4n) is 1.72. The van der Waals surface area contributed by atoms with Crippen molar-refractivity contribution >= 4 is 30.2 Å². The van der Waals surface area contributed by atoms with E-state index < -0.39 is 4.92 Å². The first-order valence-corrected chi connectivity index (χ1v) is 6.65. The number of aromatic nitrogens is 3. The normalized spacial score (nSPS) is 11.5. The summed E-state index contributed by atoms with van der Waals surface area (Å²) in [6.07, 6.45) is 5.45. The summed E-state index contributed by atoms with van der Waals surface area (Å²) in [5.74, 6) is 0.718. The Morgan fingerprint density at radius 3 is 3.00 bits per heavy atom. The third-order valence-corrected chi connectivity index (χ3v) is 2.98. The van der Waals surface area contributed by atoms with Crippen LogP contribution >= 0.6 is 12.2 Å². The molecule has 1 N–H and O–H groups in total. The van der Waals surface area contributed by atoms with Gasteiger partial charge in [-0.1, -0.05) is 19.1 Å². The van der Waals surface area contributed by atoms with Crippen LogP contribution in [0.3, 0.4) is 0 Å². The Bertz CT molecular complexity index is 760. The molecule has 0 amide bonds. The highest BCUT2D eigenvalue weighted by Crippen LogP contribution is 2.18. The Hall–Kier alpha value is -2.61. The van der Waals surface area contributed by atoms with Crippen molar-refractivity contribution in [3.8, 4) is 0 Å².